The van der Waals surface area contributed by atoms with Gasteiger partial charge >= 0.3 is 0 Å². The van der Waals surface area contributed by atoms with Gasteiger partial charge in [0.05, 0.1) is 12.2 Å². The topological polar surface area (TPSA) is 38.7 Å². The predicted molar refractivity (Wildman–Crippen MR) is 92.4 cm³/mol. The third-order valence-corrected chi connectivity index (χ3v) is 4.84. The normalized spacial score (nSPS) is 18.4. The van der Waals surface area contributed by atoms with Crippen LogP contribution in [0.15, 0.2) is 0 Å². The molecule has 0 fully saturated rings. The van der Waals surface area contributed by atoms with E-state index in [-0.39, 0.29) is 23.0 Å². The molecule has 0 bridgehead atoms. The Kier molecular flexibility index (Phi) is 7.66. The standard InChI is InChI=1S/C15H36O3Si2/c1-14(2,3)12(17-19(7)8)11(16)13(15(4,5)6)18-20(9)10/h11-13,16,19-20H,1-10H3. The molecule has 0 aliphatic heterocycles. The van der Waals surface area contributed by atoms with Crippen molar-refractivity contribution in [2.75, 3.05) is 0 Å². The molecule has 2 atom stereocenters. The molecule has 2 unspecified atom stereocenters. The Morgan fingerprint density at radius 1 is 0.700 bits per heavy atom. The van der Waals surface area contributed by atoms with Crippen molar-refractivity contribution in [3.8, 4) is 0 Å². The fourth-order valence-electron chi connectivity index (χ4n) is 2.34. The van der Waals surface area contributed by atoms with Gasteiger partial charge in [0.2, 0.25) is 0 Å². The summed E-state index contributed by atoms with van der Waals surface area (Å²) in [7, 11) is -2.44. The van der Waals surface area contributed by atoms with Crippen LogP contribution in [0.3, 0.4) is 0 Å². The Labute approximate surface area is 129 Å². The van der Waals surface area contributed by atoms with E-state index < -0.39 is 24.2 Å². The lowest BCUT2D eigenvalue weighted by Crippen LogP contribution is -2.53. The van der Waals surface area contributed by atoms with Crippen LogP contribution in [0.5, 0.6) is 0 Å². The Bertz CT molecular complexity index is 252. The van der Waals surface area contributed by atoms with Crippen molar-refractivity contribution in [2.24, 2.45) is 10.8 Å². The zero-order valence-corrected chi connectivity index (χ0v) is 17.5. The molecule has 1 N–H and O–H groups in total. The van der Waals surface area contributed by atoms with Gasteiger partial charge in [-0.05, 0) is 37.0 Å². The van der Waals surface area contributed by atoms with Crippen LogP contribution in [0.4, 0.5) is 0 Å². The summed E-state index contributed by atoms with van der Waals surface area (Å²) in [4.78, 5) is 0. The Hall–Kier alpha value is 0.314. The third-order valence-electron chi connectivity index (χ3n) is 3.17. The number of aliphatic hydroxyl groups excluding tert-OH is 1. The van der Waals surface area contributed by atoms with Crippen LogP contribution in [0.2, 0.25) is 26.2 Å². The van der Waals surface area contributed by atoms with Gasteiger partial charge in [-0.15, -0.1) is 0 Å². The lowest BCUT2D eigenvalue weighted by molar-refractivity contribution is -0.110. The zero-order valence-electron chi connectivity index (χ0n) is 15.2. The first-order chi connectivity index (χ1) is 8.76. The van der Waals surface area contributed by atoms with Crippen molar-refractivity contribution in [3.63, 3.8) is 0 Å². The van der Waals surface area contributed by atoms with Crippen molar-refractivity contribution in [2.45, 2.75) is 86.0 Å². The van der Waals surface area contributed by atoms with Crippen LogP contribution in [0, 0.1) is 10.8 Å². The maximum Gasteiger partial charge on any atom is 0.171 e. The average molecular weight is 321 g/mol. The van der Waals surface area contributed by atoms with Gasteiger partial charge in [-0.3, -0.25) is 0 Å². The number of hydrogen-bond acceptors (Lipinski definition) is 3. The molecule has 0 heterocycles. The smallest absolute Gasteiger partial charge is 0.171 e. The van der Waals surface area contributed by atoms with E-state index in [1.54, 1.807) is 0 Å². The Balaban J connectivity index is 5.30. The molecular formula is C15H36O3Si2. The molecule has 0 radical (unpaired) electrons. The minimum Gasteiger partial charge on any atom is -0.414 e. The van der Waals surface area contributed by atoms with Crippen molar-refractivity contribution in [1.82, 2.24) is 0 Å². The zero-order chi connectivity index (χ0) is 16.3. The summed E-state index contributed by atoms with van der Waals surface area (Å²) in [6.07, 6.45) is -0.933. The molecule has 122 valence electrons. The molecule has 0 amide bonds. The van der Waals surface area contributed by atoms with Gasteiger partial charge in [0.1, 0.15) is 6.10 Å². The van der Waals surface area contributed by atoms with Crippen LogP contribution in [0.25, 0.3) is 0 Å². The molecule has 0 aliphatic rings. The second kappa shape index (κ2) is 7.54. The van der Waals surface area contributed by atoms with Crippen LogP contribution in [-0.2, 0) is 8.85 Å². The Morgan fingerprint density at radius 3 is 1.10 bits per heavy atom. The second-order valence-corrected chi connectivity index (χ2v) is 13.2. The monoisotopic (exact) mass is 320 g/mol. The first kappa shape index (κ1) is 20.3. The van der Waals surface area contributed by atoms with E-state index in [9.17, 15) is 5.11 Å². The number of hydrogen-bond donors (Lipinski definition) is 1. The van der Waals surface area contributed by atoms with Gasteiger partial charge in [-0.25, -0.2) is 0 Å². The van der Waals surface area contributed by atoms with Gasteiger partial charge in [0.25, 0.3) is 0 Å². The van der Waals surface area contributed by atoms with Gasteiger partial charge in [-0.2, -0.15) is 0 Å². The van der Waals surface area contributed by atoms with E-state index in [0.29, 0.717) is 0 Å². The lowest BCUT2D eigenvalue weighted by Gasteiger charge is -2.44. The molecule has 0 aliphatic carbocycles. The van der Waals surface area contributed by atoms with E-state index in [1.807, 2.05) is 0 Å². The lowest BCUT2D eigenvalue weighted by atomic mass is 9.77. The van der Waals surface area contributed by atoms with Crippen LogP contribution in [0.1, 0.15) is 41.5 Å². The van der Waals surface area contributed by atoms with Crippen molar-refractivity contribution < 1.29 is 14.0 Å². The summed E-state index contributed by atoms with van der Waals surface area (Å²) in [6, 6.07) is 0. The summed E-state index contributed by atoms with van der Waals surface area (Å²) in [5.74, 6) is 0. The van der Waals surface area contributed by atoms with Crippen molar-refractivity contribution in [1.29, 1.82) is 0 Å². The van der Waals surface area contributed by atoms with Crippen LogP contribution < -0.4 is 0 Å². The van der Waals surface area contributed by atoms with E-state index in [2.05, 4.69) is 67.7 Å². The summed E-state index contributed by atoms with van der Waals surface area (Å²) < 4.78 is 12.3. The highest BCUT2D eigenvalue weighted by atomic mass is 28.3. The van der Waals surface area contributed by atoms with Crippen LogP contribution >= 0.6 is 0 Å². The first-order valence-corrected chi connectivity index (χ1v) is 13.3. The summed E-state index contributed by atoms with van der Waals surface area (Å²) in [5, 5.41) is 10.9. The van der Waals surface area contributed by atoms with Crippen molar-refractivity contribution in [3.05, 3.63) is 0 Å². The Morgan fingerprint density at radius 2 is 0.950 bits per heavy atom. The minimum absolute atomic E-state index is 0.0952. The molecule has 0 rings (SSSR count). The van der Waals surface area contributed by atoms with Gasteiger partial charge < -0.3 is 14.0 Å². The molecule has 0 aromatic carbocycles. The van der Waals surface area contributed by atoms with Gasteiger partial charge in [0.15, 0.2) is 18.1 Å². The third kappa shape index (κ3) is 6.85. The number of aliphatic hydroxyl groups is 1. The van der Waals surface area contributed by atoms with Crippen LogP contribution in [-0.4, -0.2) is 41.5 Å². The molecule has 0 spiro atoms. The molecule has 0 saturated carbocycles. The van der Waals surface area contributed by atoms with E-state index in [1.165, 1.54) is 0 Å². The maximum absolute atomic E-state index is 10.9. The predicted octanol–water partition coefficient (Wildman–Crippen LogP) is 3.18. The fraction of sp³-hybridized carbons (Fsp3) is 1.00. The SMILES string of the molecule is C[SiH](C)OC(C(O)C(O[SiH](C)C)C(C)(C)C)C(C)(C)C. The minimum atomic E-state index is -1.22. The van der Waals surface area contributed by atoms with Gasteiger partial charge in [0, 0.05) is 0 Å². The summed E-state index contributed by atoms with van der Waals surface area (Å²) >= 11 is 0. The molecule has 0 saturated heterocycles. The van der Waals surface area contributed by atoms with E-state index in [4.69, 9.17) is 8.85 Å². The van der Waals surface area contributed by atoms with Crippen molar-refractivity contribution >= 4 is 18.1 Å². The molecule has 20 heavy (non-hydrogen) atoms. The molecule has 5 heteroatoms. The van der Waals surface area contributed by atoms with E-state index in [0.717, 1.165) is 0 Å². The maximum atomic E-state index is 10.9. The average Bonchev–Trinajstić information content (AvgIpc) is 2.18. The first-order valence-electron chi connectivity index (χ1n) is 7.75. The number of rotatable bonds is 6. The van der Waals surface area contributed by atoms with Gasteiger partial charge in [-0.1, -0.05) is 41.5 Å². The molecule has 0 aromatic rings. The fourth-order valence-corrected chi connectivity index (χ4v) is 4.65. The second-order valence-electron chi connectivity index (χ2n) is 8.43. The summed E-state index contributed by atoms with van der Waals surface area (Å²) in [5.41, 5.74) is -0.190. The summed E-state index contributed by atoms with van der Waals surface area (Å²) in [6.45, 7) is 21.4. The molecule has 3 nitrogen and oxygen atoms in total. The highest BCUT2D eigenvalue weighted by Crippen LogP contribution is 2.34. The largest absolute Gasteiger partial charge is 0.414 e. The van der Waals surface area contributed by atoms with E-state index >= 15 is 0 Å². The molecule has 0 aromatic heterocycles. The highest BCUT2D eigenvalue weighted by molar-refractivity contribution is 6.48. The molecular weight excluding hydrogens is 284 g/mol. The highest BCUT2D eigenvalue weighted by Gasteiger charge is 2.42. The quantitative estimate of drug-likeness (QED) is 0.764.